The Balaban J connectivity index is 1.70. The van der Waals surface area contributed by atoms with Gasteiger partial charge in [-0.1, -0.05) is 23.4 Å². The smallest absolute Gasteiger partial charge is 0.358 e. The van der Waals surface area contributed by atoms with E-state index in [1.54, 1.807) is 0 Å². The van der Waals surface area contributed by atoms with Crippen molar-refractivity contribution < 1.29 is 14.4 Å². The summed E-state index contributed by atoms with van der Waals surface area (Å²) in [5.74, 6) is 0.168. The van der Waals surface area contributed by atoms with Crippen molar-refractivity contribution in [2.45, 2.75) is 19.4 Å². The number of aromatic nitrogens is 2. The van der Waals surface area contributed by atoms with E-state index in [2.05, 4.69) is 40.1 Å². The van der Waals surface area contributed by atoms with E-state index in [1.165, 1.54) is 35.3 Å². The maximum Gasteiger partial charge on any atom is 0.358 e. The summed E-state index contributed by atoms with van der Waals surface area (Å²) in [5, 5.41) is 15.0. The van der Waals surface area contributed by atoms with E-state index in [9.17, 15) is 4.79 Å². The summed E-state index contributed by atoms with van der Waals surface area (Å²) >= 11 is 0. The molecule has 0 aliphatic heterocycles. The van der Waals surface area contributed by atoms with E-state index in [-0.39, 0.29) is 5.69 Å². The van der Waals surface area contributed by atoms with Crippen LogP contribution in [-0.2, 0) is 6.54 Å². The van der Waals surface area contributed by atoms with Gasteiger partial charge in [0.15, 0.2) is 11.5 Å². The van der Waals surface area contributed by atoms with Crippen molar-refractivity contribution in [2.75, 3.05) is 0 Å². The number of nitrogens with zero attached hydrogens (tertiary/aromatic N) is 2. The average molecular weight is 332 g/mol. The highest BCUT2D eigenvalue weighted by molar-refractivity contribution is 6.09. The molecule has 0 unspecified atom stereocenters. The van der Waals surface area contributed by atoms with Gasteiger partial charge in [-0.05, 0) is 43.0 Å². The number of fused-ring (bicyclic) bond motifs is 3. The Labute approximate surface area is 143 Å². The highest BCUT2D eigenvalue weighted by Crippen LogP contribution is 2.37. The fourth-order valence-corrected chi connectivity index (χ4v) is 3.47. The molecule has 25 heavy (non-hydrogen) atoms. The monoisotopic (exact) mass is 332 g/mol. The van der Waals surface area contributed by atoms with Crippen molar-refractivity contribution in [1.29, 1.82) is 0 Å². The first-order chi connectivity index (χ1) is 12.2. The summed E-state index contributed by atoms with van der Waals surface area (Å²) in [5.41, 5.74) is 3.20. The minimum absolute atomic E-state index is 0.0775. The van der Waals surface area contributed by atoms with Gasteiger partial charge in [-0.3, -0.25) is 0 Å². The zero-order chi connectivity index (χ0) is 17.0. The van der Waals surface area contributed by atoms with Crippen LogP contribution < -0.4 is 0 Å². The maximum atomic E-state index is 11.0. The van der Waals surface area contributed by atoms with Crippen LogP contribution in [-0.4, -0.2) is 20.8 Å². The molecule has 0 spiro atoms. The third-order valence-electron chi connectivity index (χ3n) is 4.92. The van der Waals surface area contributed by atoms with Crippen molar-refractivity contribution in [2.24, 2.45) is 5.92 Å². The molecule has 2 heterocycles. The van der Waals surface area contributed by atoms with Gasteiger partial charge in [-0.25, -0.2) is 4.79 Å². The second-order valence-corrected chi connectivity index (χ2v) is 6.68. The molecule has 0 amide bonds. The van der Waals surface area contributed by atoms with Gasteiger partial charge in [0.25, 0.3) is 0 Å². The Morgan fingerprint density at radius 2 is 1.92 bits per heavy atom. The molecule has 1 saturated carbocycles. The van der Waals surface area contributed by atoms with E-state index in [1.807, 2.05) is 12.1 Å². The SMILES string of the molecule is O=C(O)c1cc(-c2ccc3c(c2)c2ccccc2n3CC2CC2)on1. The Bertz CT molecular complexity index is 1120. The number of carbonyl (C=O) groups is 1. The standard InChI is InChI=1S/C20H16N2O3/c23-20(24)16-10-19(25-21-16)13-7-8-18-15(9-13)14-3-1-2-4-17(14)22(18)11-12-5-6-12/h1-4,7-10,12H,5-6,11H2,(H,23,24). The maximum absolute atomic E-state index is 11.0. The van der Waals surface area contributed by atoms with Crippen LogP contribution in [0.4, 0.5) is 0 Å². The summed E-state index contributed by atoms with van der Waals surface area (Å²) in [6, 6.07) is 16.0. The van der Waals surface area contributed by atoms with Crippen LogP contribution in [0.2, 0.25) is 0 Å². The van der Waals surface area contributed by atoms with E-state index in [4.69, 9.17) is 9.63 Å². The first-order valence-electron chi connectivity index (χ1n) is 8.42. The van der Waals surface area contributed by atoms with Crippen LogP contribution in [0.25, 0.3) is 33.1 Å². The molecule has 2 aromatic carbocycles. The molecule has 0 radical (unpaired) electrons. The molecule has 1 N–H and O–H groups in total. The van der Waals surface area contributed by atoms with Gasteiger partial charge in [-0.15, -0.1) is 0 Å². The van der Waals surface area contributed by atoms with Crippen LogP contribution in [0.3, 0.4) is 0 Å². The Morgan fingerprint density at radius 1 is 1.12 bits per heavy atom. The Kier molecular flexibility index (Phi) is 2.98. The van der Waals surface area contributed by atoms with Gasteiger partial charge in [0.05, 0.1) is 0 Å². The molecule has 5 rings (SSSR count). The normalized spacial score (nSPS) is 14.4. The van der Waals surface area contributed by atoms with Gasteiger partial charge in [0.2, 0.25) is 0 Å². The molecule has 5 nitrogen and oxygen atoms in total. The first-order valence-corrected chi connectivity index (χ1v) is 8.42. The minimum atomic E-state index is -1.09. The topological polar surface area (TPSA) is 68.3 Å². The second-order valence-electron chi connectivity index (χ2n) is 6.68. The summed E-state index contributed by atoms with van der Waals surface area (Å²) in [6.07, 6.45) is 2.62. The molecular formula is C20H16N2O3. The van der Waals surface area contributed by atoms with Crippen molar-refractivity contribution in [1.82, 2.24) is 9.72 Å². The lowest BCUT2D eigenvalue weighted by Crippen LogP contribution is -1.98. The third-order valence-corrected chi connectivity index (χ3v) is 4.92. The number of carboxylic acids is 1. The van der Waals surface area contributed by atoms with E-state index in [0.29, 0.717) is 5.76 Å². The molecule has 1 fully saturated rings. The van der Waals surface area contributed by atoms with Gasteiger partial charge < -0.3 is 14.2 Å². The van der Waals surface area contributed by atoms with Crippen molar-refractivity contribution in [3.8, 4) is 11.3 Å². The van der Waals surface area contributed by atoms with E-state index in [0.717, 1.165) is 23.4 Å². The minimum Gasteiger partial charge on any atom is -0.476 e. The quantitative estimate of drug-likeness (QED) is 0.595. The number of para-hydroxylation sites is 1. The number of aromatic carboxylic acids is 1. The predicted molar refractivity (Wildman–Crippen MR) is 94.6 cm³/mol. The Hall–Kier alpha value is -3.08. The zero-order valence-corrected chi connectivity index (χ0v) is 13.5. The zero-order valence-electron chi connectivity index (χ0n) is 13.5. The predicted octanol–water partition coefficient (Wildman–Crippen LogP) is 4.56. The summed E-state index contributed by atoms with van der Waals surface area (Å²) in [4.78, 5) is 11.0. The van der Waals surface area contributed by atoms with Crippen LogP contribution in [0.1, 0.15) is 23.3 Å². The molecule has 0 saturated heterocycles. The summed E-state index contributed by atoms with van der Waals surface area (Å²) in [6.45, 7) is 1.05. The molecular weight excluding hydrogens is 316 g/mol. The van der Waals surface area contributed by atoms with Crippen LogP contribution in [0, 0.1) is 5.92 Å². The number of benzene rings is 2. The number of hydrogen-bond acceptors (Lipinski definition) is 3. The van der Waals surface area contributed by atoms with Crippen molar-refractivity contribution in [3.05, 3.63) is 54.2 Å². The summed E-state index contributed by atoms with van der Waals surface area (Å²) in [7, 11) is 0. The molecule has 124 valence electrons. The first kappa shape index (κ1) is 14.3. The fraction of sp³-hybridized carbons (Fsp3) is 0.200. The average Bonchev–Trinajstić information content (AvgIpc) is 3.21. The second kappa shape index (κ2) is 5.21. The lowest BCUT2D eigenvalue weighted by atomic mass is 10.1. The van der Waals surface area contributed by atoms with E-state index < -0.39 is 5.97 Å². The lowest BCUT2D eigenvalue weighted by Gasteiger charge is -2.06. The molecule has 0 atom stereocenters. The highest BCUT2D eigenvalue weighted by atomic mass is 16.5. The Morgan fingerprint density at radius 3 is 2.68 bits per heavy atom. The lowest BCUT2D eigenvalue weighted by molar-refractivity contribution is 0.0686. The highest BCUT2D eigenvalue weighted by Gasteiger charge is 2.24. The summed E-state index contributed by atoms with van der Waals surface area (Å²) < 4.78 is 7.61. The van der Waals surface area contributed by atoms with Crippen molar-refractivity contribution >= 4 is 27.8 Å². The largest absolute Gasteiger partial charge is 0.476 e. The van der Waals surface area contributed by atoms with Crippen LogP contribution in [0.15, 0.2) is 53.1 Å². The molecule has 5 heteroatoms. The number of rotatable bonds is 4. The molecule has 0 bridgehead atoms. The van der Waals surface area contributed by atoms with Gasteiger partial charge in [-0.2, -0.15) is 0 Å². The number of carboxylic acid groups (broad SMARTS) is 1. The number of hydrogen-bond donors (Lipinski definition) is 1. The van der Waals surface area contributed by atoms with Gasteiger partial charge in [0, 0.05) is 40.0 Å². The third kappa shape index (κ3) is 2.31. The molecule has 1 aliphatic carbocycles. The molecule has 1 aliphatic rings. The van der Waals surface area contributed by atoms with Gasteiger partial charge >= 0.3 is 5.97 Å². The van der Waals surface area contributed by atoms with Crippen molar-refractivity contribution in [3.63, 3.8) is 0 Å². The fourth-order valence-electron chi connectivity index (χ4n) is 3.47. The van der Waals surface area contributed by atoms with Gasteiger partial charge in [0.1, 0.15) is 0 Å². The molecule has 2 aromatic heterocycles. The van der Waals surface area contributed by atoms with Crippen LogP contribution in [0.5, 0.6) is 0 Å². The molecule has 4 aromatic rings. The van der Waals surface area contributed by atoms with Crippen LogP contribution >= 0.6 is 0 Å². The van der Waals surface area contributed by atoms with E-state index >= 15 is 0 Å².